The van der Waals surface area contributed by atoms with E-state index in [1.54, 1.807) is 30.3 Å². The van der Waals surface area contributed by atoms with Crippen molar-refractivity contribution in [2.75, 3.05) is 45.4 Å². The summed E-state index contributed by atoms with van der Waals surface area (Å²) in [6.45, 7) is 4.49. The van der Waals surface area contributed by atoms with Crippen LogP contribution in [-0.2, 0) is 7.05 Å². The second-order valence-electron chi connectivity index (χ2n) is 13.2. The van der Waals surface area contributed by atoms with Gasteiger partial charge < -0.3 is 28.9 Å². The summed E-state index contributed by atoms with van der Waals surface area (Å²) in [7, 11) is 1.88. The number of nitrogens with one attached hydrogen (secondary N) is 2. The molecule has 7 rings (SSSR count). The number of carbonyl (C=O) groups is 1. The highest BCUT2D eigenvalue weighted by atomic mass is 35.5. The predicted octanol–water partition coefficient (Wildman–Crippen LogP) is 10.8. The summed E-state index contributed by atoms with van der Waals surface area (Å²) in [4.78, 5) is 29.9. The first-order valence-corrected chi connectivity index (χ1v) is 19.7. The van der Waals surface area contributed by atoms with Crippen molar-refractivity contribution in [2.45, 2.75) is 24.7 Å². The van der Waals surface area contributed by atoms with Gasteiger partial charge in [0.15, 0.2) is 0 Å². The lowest BCUT2D eigenvalue weighted by Gasteiger charge is -2.37. The van der Waals surface area contributed by atoms with Crippen molar-refractivity contribution < 1.29 is 19.2 Å². The number of carboxylic acids is 1. The van der Waals surface area contributed by atoms with Crippen LogP contribution >= 0.6 is 35.5 Å². The minimum Gasteiger partial charge on any atom is -0.478 e. The van der Waals surface area contributed by atoms with Crippen molar-refractivity contribution in [3.63, 3.8) is 0 Å². The van der Waals surface area contributed by atoms with Gasteiger partial charge in [-0.3, -0.25) is 10.1 Å². The molecule has 1 aliphatic heterocycles. The summed E-state index contributed by atoms with van der Waals surface area (Å²) in [5.41, 5.74) is 6.39. The van der Waals surface area contributed by atoms with Gasteiger partial charge in [-0.1, -0.05) is 54.1 Å². The molecule has 0 atom stereocenters. The lowest BCUT2D eigenvalue weighted by molar-refractivity contribution is -0.384. The quantitative estimate of drug-likeness (QED) is 0.0640. The Kier molecular flexibility index (Phi) is 11.4. The van der Waals surface area contributed by atoms with E-state index in [1.165, 1.54) is 24.1 Å². The smallest absolute Gasteiger partial charge is 0.338 e. The topological polar surface area (TPSA) is 116 Å². The molecule has 0 radical (unpaired) electrons. The molecule has 3 N–H and O–H groups in total. The zero-order chi connectivity index (χ0) is 38.6. The molecule has 0 spiro atoms. The first kappa shape index (κ1) is 37.9. The third kappa shape index (κ3) is 8.34. The van der Waals surface area contributed by atoms with Gasteiger partial charge in [-0.2, -0.15) is 0 Å². The number of carboxylic acid groups (broad SMARTS) is 1. The standard InChI is InChI=1S/C41H38ClFN6O4S2/c1-26-38(41(50)51)39(40(46(26)2)27-11-13-29(42)14-12-27)28-7-6-8-30(23-28)47-19-21-48(22-20-47)31-15-17-35(34(43)24-31)44-55-33-16-18-36(37(25-33)49(52)53)45-54-32-9-4-3-5-10-32/h4,6-18,23-25,44-45H,3,5,19-22H2,1-2H3,(H,50,51). The highest BCUT2D eigenvalue weighted by molar-refractivity contribution is 8.04. The zero-order valence-electron chi connectivity index (χ0n) is 30.1. The number of nitrogens with zero attached hydrogens (tertiary/aromatic N) is 4. The average molecular weight is 797 g/mol. The Labute approximate surface area is 332 Å². The van der Waals surface area contributed by atoms with E-state index in [-0.39, 0.29) is 16.9 Å². The summed E-state index contributed by atoms with van der Waals surface area (Å²) in [5.74, 6) is -1.41. The lowest BCUT2D eigenvalue weighted by Crippen LogP contribution is -2.46. The Hall–Kier alpha value is -5.37. The number of hydrogen-bond donors (Lipinski definition) is 3. The SMILES string of the molecule is Cc1c(C(=O)O)c(-c2cccc(N3CCN(c4ccc(NSc5ccc(NSC6=CCCC=C6)c([N+](=O)[O-])c5)c(F)c4)CC3)c2)c(-c2ccc(Cl)cc2)n1C. The van der Waals surface area contributed by atoms with E-state index in [4.69, 9.17) is 11.6 Å². The monoisotopic (exact) mass is 796 g/mol. The van der Waals surface area contributed by atoms with E-state index in [9.17, 15) is 20.0 Å². The molecule has 0 amide bonds. The number of nitro benzene ring substituents is 1. The molecule has 14 heteroatoms. The number of aromatic nitrogens is 1. The Morgan fingerprint density at radius 1 is 0.873 bits per heavy atom. The second kappa shape index (κ2) is 16.6. The minimum absolute atomic E-state index is 0.0655. The molecule has 282 valence electrons. The van der Waals surface area contributed by atoms with Gasteiger partial charge in [0.1, 0.15) is 11.5 Å². The Bertz CT molecular complexity index is 2320. The number of aromatic carboxylic acids is 1. The van der Waals surface area contributed by atoms with Crippen LogP contribution in [0.3, 0.4) is 0 Å². The number of rotatable bonds is 12. The number of piperazine rings is 1. The van der Waals surface area contributed by atoms with Crippen LogP contribution in [0.15, 0.2) is 113 Å². The molecule has 0 bridgehead atoms. The van der Waals surface area contributed by atoms with Crippen LogP contribution in [-0.4, -0.2) is 46.7 Å². The van der Waals surface area contributed by atoms with Gasteiger partial charge in [0.05, 0.1) is 21.9 Å². The number of anilines is 4. The Morgan fingerprint density at radius 3 is 2.22 bits per heavy atom. The van der Waals surface area contributed by atoms with Gasteiger partial charge in [-0.15, -0.1) is 0 Å². The van der Waals surface area contributed by atoms with Gasteiger partial charge in [0.25, 0.3) is 5.69 Å². The number of nitro groups is 1. The number of allylic oxidation sites excluding steroid dienone is 3. The Balaban J connectivity index is 1.01. The highest BCUT2D eigenvalue weighted by Gasteiger charge is 2.27. The maximum absolute atomic E-state index is 15.4. The predicted molar refractivity (Wildman–Crippen MR) is 224 cm³/mol. The van der Waals surface area contributed by atoms with Crippen LogP contribution in [0.4, 0.5) is 32.8 Å². The third-order valence-electron chi connectivity index (χ3n) is 9.80. The largest absolute Gasteiger partial charge is 0.478 e. The van der Waals surface area contributed by atoms with Crippen molar-refractivity contribution in [2.24, 2.45) is 7.05 Å². The van der Waals surface area contributed by atoms with Crippen molar-refractivity contribution in [3.05, 3.63) is 140 Å². The van der Waals surface area contributed by atoms with Crippen molar-refractivity contribution in [1.82, 2.24) is 4.57 Å². The molecule has 55 heavy (non-hydrogen) atoms. The molecule has 0 unspecified atom stereocenters. The van der Waals surface area contributed by atoms with E-state index in [0.717, 1.165) is 57.9 Å². The van der Waals surface area contributed by atoms with E-state index in [1.807, 2.05) is 67.1 Å². The Morgan fingerprint density at radius 2 is 1.56 bits per heavy atom. The first-order chi connectivity index (χ1) is 26.6. The molecule has 10 nitrogen and oxygen atoms in total. The molecule has 1 aromatic heterocycles. The van der Waals surface area contributed by atoms with Crippen molar-refractivity contribution >= 4 is 69.9 Å². The number of halogens is 2. The maximum Gasteiger partial charge on any atom is 0.338 e. The van der Waals surface area contributed by atoms with Crippen LogP contribution < -0.4 is 19.2 Å². The van der Waals surface area contributed by atoms with E-state index in [0.29, 0.717) is 53.0 Å². The third-order valence-corrected chi connectivity index (χ3v) is 11.7. The van der Waals surface area contributed by atoms with Crippen LogP contribution in [0.5, 0.6) is 0 Å². The van der Waals surface area contributed by atoms with Gasteiger partial charge in [-0.05, 0) is 109 Å². The molecule has 1 fully saturated rings. The van der Waals surface area contributed by atoms with Crippen LogP contribution in [0.1, 0.15) is 28.9 Å². The molecule has 0 saturated carbocycles. The van der Waals surface area contributed by atoms with Crippen molar-refractivity contribution in [3.8, 4) is 22.4 Å². The maximum atomic E-state index is 15.4. The number of benzene rings is 4. The van der Waals surface area contributed by atoms with Gasteiger partial charge in [0.2, 0.25) is 0 Å². The molecular weight excluding hydrogens is 759 g/mol. The minimum atomic E-state index is -0.986. The van der Waals surface area contributed by atoms with E-state index in [2.05, 4.69) is 31.4 Å². The fraction of sp³-hybridized carbons (Fsp3) is 0.195. The average Bonchev–Trinajstić information content (AvgIpc) is 3.47. The zero-order valence-corrected chi connectivity index (χ0v) is 32.5. The van der Waals surface area contributed by atoms with Gasteiger partial charge in [0, 0.05) is 76.7 Å². The van der Waals surface area contributed by atoms with Gasteiger partial charge >= 0.3 is 5.97 Å². The fourth-order valence-corrected chi connectivity index (χ4v) is 8.45. The molecule has 1 aliphatic carbocycles. The second-order valence-corrected chi connectivity index (χ2v) is 15.4. The fourth-order valence-electron chi connectivity index (χ4n) is 6.86. The van der Waals surface area contributed by atoms with E-state index < -0.39 is 16.7 Å². The van der Waals surface area contributed by atoms with Crippen LogP contribution in [0.2, 0.25) is 5.02 Å². The molecule has 4 aromatic carbocycles. The molecule has 2 heterocycles. The normalized spacial score (nSPS) is 14.1. The molecule has 5 aromatic rings. The van der Waals surface area contributed by atoms with Crippen LogP contribution in [0.25, 0.3) is 22.4 Å². The molecule has 2 aliphatic rings. The van der Waals surface area contributed by atoms with Crippen molar-refractivity contribution in [1.29, 1.82) is 0 Å². The molecular formula is C41H38ClFN6O4S2. The first-order valence-electron chi connectivity index (χ1n) is 17.7. The number of hydrogen-bond acceptors (Lipinski definition) is 9. The lowest BCUT2D eigenvalue weighted by atomic mass is 9.96. The summed E-state index contributed by atoms with van der Waals surface area (Å²) in [6, 6.07) is 25.3. The van der Waals surface area contributed by atoms with Gasteiger partial charge in [-0.25, -0.2) is 9.18 Å². The van der Waals surface area contributed by atoms with Crippen LogP contribution in [0, 0.1) is 22.9 Å². The summed E-state index contributed by atoms with van der Waals surface area (Å²) < 4.78 is 23.4. The van der Waals surface area contributed by atoms with E-state index >= 15 is 4.39 Å². The summed E-state index contributed by atoms with van der Waals surface area (Å²) >= 11 is 8.61. The highest BCUT2D eigenvalue weighted by Crippen LogP contribution is 2.41. The summed E-state index contributed by atoms with van der Waals surface area (Å²) in [5, 5.41) is 22.7. The molecule has 1 saturated heterocycles. The summed E-state index contributed by atoms with van der Waals surface area (Å²) in [6.07, 6.45) is 8.08.